The molecule has 1 aromatic heterocycles. The highest BCUT2D eigenvalue weighted by Crippen LogP contribution is 2.40. The van der Waals surface area contributed by atoms with E-state index in [1.54, 1.807) is 19.1 Å². The van der Waals surface area contributed by atoms with E-state index in [2.05, 4.69) is 10.9 Å². The van der Waals surface area contributed by atoms with Gasteiger partial charge in [0.1, 0.15) is 16.1 Å². The van der Waals surface area contributed by atoms with Crippen molar-refractivity contribution in [3.8, 4) is 12.3 Å². The third kappa shape index (κ3) is 4.63. The molecule has 0 saturated carbocycles. The summed E-state index contributed by atoms with van der Waals surface area (Å²) in [4.78, 5) is 37.9. The monoisotopic (exact) mass is 489 g/mol. The number of hydrogen-bond donors (Lipinski definition) is 0. The number of pyridine rings is 1. The number of carbonyl (C=O) groups excluding carboxylic acids is 2. The molecule has 0 radical (unpaired) electrons. The SMILES string of the molecule is C#CCN1C(=O)C(CC)(C(=O)OC)C(CSc2ccccc2)N=C1c1cc(Cl)nc(Cl)c1. The molecule has 166 valence electrons. The average Bonchev–Trinajstić information content (AvgIpc) is 2.79. The Morgan fingerprint density at radius 2 is 1.94 bits per heavy atom. The van der Waals surface area contributed by atoms with Crippen LogP contribution in [0, 0.1) is 17.8 Å². The number of methoxy groups -OCH3 is 1. The summed E-state index contributed by atoms with van der Waals surface area (Å²) in [6, 6.07) is 12.1. The number of terminal acetylenes is 1. The molecule has 1 aliphatic rings. The van der Waals surface area contributed by atoms with E-state index in [9.17, 15) is 9.59 Å². The maximum Gasteiger partial charge on any atom is 0.323 e. The quantitative estimate of drug-likeness (QED) is 0.190. The van der Waals surface area contributed by atoms with Crippen molar-refractivity contribution in [2.24, 2.45) is 10.4 Å². The maximum absolute atomic E-state index is 13.8. The average molecular weight is 490 g/mol. The highest BCUT2D eigenvalue weighted by Gasteiger charge is 2.57. The highest BCUT2D eigenvalue weighted by molar-refractivity contribution is 7.99. The van der Waals surface area contributed by atoms with Gasteiger partial charge in [-0.2, -0.15) is 0 Å². The number of carbonyl (C=O) groups is 2. The van der Waals surface area contributed by atoms with Crippen LogP contribution < -0.4 is 0 Å². The minimum absolute atomic E-state index is 0.0769. The minimum Gasteiger partial charge on any atom is -0.468 e. The topological polar surface area (TPSA) is 71.9 Å². The fourth-order valence-corrected chi connectivity index (χ4v) is 5.20. The molecule has 0 fully saturated rings. The van der Waals surface area contributed by atoms with E-state index < -0.39 is 23.3 Å². The van der Waals surface area contributed by atoms with Gasteiger partial charge in [0.2, 0.25) is 5.91 Å². The summed E-state index contributed by atoms with van der Waals surface area (Å²) < 4.78 is 5.07. The Bertz CT molecular complexity index is 1070. The molecule has 2 atom stereocenters. The van der Waals surface area contributed by atoms with Crippen LogP contribution in [0.25, 0.3) is 0 Å². The first-order chi connectivity index (χ1) is 15.4. The van der Waals surface area contributed by atoms with Crippen molar-refractivity contribution >= 4 is 52.7 Å². The zero-order chi connectivity index (χ0) is 23.3. The number of aromatic nitrogens is 1. The molecule has 0 bridgehead atoms. The largest absolute Gasteiger partial charge is 0.468 e. The predicted molar refractivity (Wildman–Crippen MR) is 127 cm³/mol. The van der Waals surface area contributed by atoms with Gasteiger partial charge in [0.15, 0.2) is 5.41 Å². The summed E-state index contributed by atoms with van der Waals surface area (Å²) in [7, 11) is 1.27. The summed E-state index contributed by atoms with van der Waals surface area (Å²) in [5.41, 5.74) is -1.01. The van der Waals surface area contributed by atoms with Crippen LogP contribution in [0.5, 0.6) is 0 Å². The molecule has 1 amide bonds. The molecule has 2 aromatic rings. The number of benzene rings is 1. The van der Waals surface area contributed by atoms with E-state index >= 15 is 0 Å². The maximum atomic E-state index is 13.8. The molecular formula is C23H21Cl2N3O3S. The lowest BCUT2D eigenvalue weighted by atomic mass is 9.75. The smallest absolute Gasteiger partial charge is 0.323 e. The van der Waals surface area contributed by atoms with Crippen molar-refractivity contribution in [1.82, 2.24) is 9.88 Å². The molecule has 3 rings (SSSR count). The lowest BCUT2D eigenvalue weighted by molar-refractivity contribution is -0.163. The summed E-state index contributed by atoms with van der Waals surface area (Å²) in [6.07, 6.45) is 5.75. The summed E-state index contributed by atoms with van der Waals surface area (Å²) in [5.74, 6) is 2.04. The second-order valence-electron chi connectivity index (χ2n) is 7.01. The van der Waals surface area contributed by atoms with Crippen molar-refractivity contribution < 1.29 is 14.3 Å². The van der Waals surface area contributed by atoms with Gasteiger partial charge in [-0.15, -0.1) is 18.2 Å². The summed E-state index contributed by atoms with van der Waals surface area (Å²) in [6.45, 7) is 1.69. The van der Waals surface area contributed by atoms with Gasteiger partial charge in [-0.25, -0.2) is 4.98 Å². The van der Waals surface area contributed by atoms with Crippen LogP contribution >= 0.6 is 35.0 Å². The molecule has 2 unspecified atom stereocenters. The van der Waals surface area contributed by atoms with Gasteiger partial charge in [0, 0.05) is 16.2 Å². The van der Waals surface area contributed by atoms with Crippen LogP contribution in [0.3, 0.4) is 0 Å². The molecule has 0 aliphatic carbocycles. The Kier molecular flexibility index (Phi) is 7.83. The van der Waals surface area contributed by atoms with E-state index in [0.29, 0.717) is 17.2 Å². The Morgan fingerprint density at radius 3 is 2.50 bits per heavy atom. The molecule has 2 heterocycles. The molecule has 1 aromatic carbocycles. The van der Waals surface area contributed by atoms with Crippen molar-refractivity contribution in [2.75, 3.05) is 19.4 Å². The van der Waals surface area contributed by atoms with E-state index in [1.165, 1.54) is 23.8 Å². The number of amides is 1. The van der Waals surface area contributed by atoms with Crippen LogP contribution in [0.1, 0.15) is 18.9 Å². The van der Waals surface area contributed by atoms with Gasteiger partial charge in [-0.1, -0.05) is 54.2 Å². The summed E-state index contributed by atoms with van der Waals surface area (Å²) >= 11 is 13.7. The van der Waals surface area contributed by atoms with Gasteiger partial charge < -0.3 is 4.74 Å². The Morgan fingerprint density at radius 1 is 1.28 bits per heavy atom. The molecule has 9 heteroatoms. The number of rotatable bonds is 7. The molecule has 6 nitrogen and oxygen atoms in total. The van der Waals surface area contributed by atoms with Crippen molar-refractivity contribution in [2.45, 2.75) is 24.3 Å². The van der Waals surface area contributed by atoms with Crippen LogP contribution in [0.2, 0.25) is 10.3 Å². The number of ether oxygens (including phenoxy) is 1. The molecular weight excluding hydrogens is 469 g/mol. The number of aliphatic imine (C=N–C) groups is 1. The van der Waals surface area contributed by atoms with E-state index in [0.717, 1.165) is 4.90 Å². The molecule has 32 heavy (non-hydrogen) atoms. The number of hydrogen-bond acceptors (Lipinski definition) is 6. The Labute approximate surface area is 201 Å². The zero-order valence-electron chi connectivity index (χ0n) is 17.5. The number of esters is 1. The highest BCUT2D eigenvalue weighted by atomic mass is 35.5. The molecule has 1 aliphatic heterocycles. The number of thioether (sulfide) groups is 1. The van der Waals surface area contributed by atoms with Crippen LogP contribution in [0.4, 0.5) is 0 Å². The van der Waals surface area contributed by atoms with Crippen molar-refractivity contribution in [3.05, 3.63) is 58.3 Å². The Hall–Kier alpha value is -2.53. The van der Waals surface area contributed by atoms with Gasteiger partial charge in [-0.05, 0) is 30.7 Å². The second kappa shape index (κ2) is 10.4. The van der Waals surface area contributed by atoms with Gasteiger partial charge in [0.05, 0.1) is 19.7 Å². The van der Waals surface area contributed by atoms with E-state index in [1.807, 2.05) is 30.3 Å². The Balaban J connectivity index is 2.16. The first kappa shape index (κ1) is 24.1. The number of halogens is 2. The van der Waals surface area contributed by atoms with Crippen LogP contribution in [0.15, 0.2) is 52.4 Å². The third-order valence-electron chi connectivity index (χ3n) is 5.26. The minimum atomic E-state index is -1.50. The fraction of sp³-hybridized carbons (Fsp3) is 0.304. The first-order valence-electron chi connectivity index (χ1n) is 9.80. The van der Waals surface area contributed by atoms with Crippen LogP contribution in [-0.2, 0) is 14.3 Å². The van der Waals surface area contributed by atoms with E-state index in [4.69, 9.17) is 39.4 Å². The zero-order valence-corrected chi connectivity index (χ0v) is 19.9. The lowest BCUT2D eigenvalue weighted by Crippen LogP contribution is -2.61. The fourth-order valence-electron chi connectivity index (χ4n) is 3.68. The van der Waals surface area contributed by atoms with Crippen molar-refractivity contribution in [1.29, 1.82) is 0 Å². The van der Waals surface area contributed by atoms with Gasteiger partial charge in [0.25, 0.3) is 0 Å². The van der Waals surface area contributed by atoms with Crippen LogP contribution in [-0.4, -0.2) is 53.0 Å². The van der Waals surface area contributed by atoms with Crippen molar-refractivity contribution in [3.63, 3.8) is 0 Å². The normalized spacial score (nSPS) is 20.5. The number of nitrogens with zero attached hydrogens (tertiary/aromatic N) is 3. The van der Waals surface area contributed by atoms with Gasteiger partial charge >= 0.3 is 5.97 Å². The molecule has 0 spiro atoms. The van der Waals surface area contributed by atoms with E-state index in [-0.39, 0.29) is 23.3 Å². The lowest BCUT2D eigenvalue weighted by Gasteiger charge is -2.42. The molecule has 0 N–H and O–H groups in total. The first-order valence-corrected chi connectivity index (χ1v) is 11.5. The third-order valence-corrected chi connectivity index (χ3v) is 6.73. The molecule has 0 saturated heterocycles. The number of amidine groups is 1. The van der Waals surface area contributed by atoms with Gasteiger partial charge in [-0.3, -0.25) is 19.5 Å². The summed E-state index contributed by atoms with van der Waals surface area (Å²) in [5, 5.41) is 0.303. The second-order valence-corrected chi connectivity index (χ2v) is 8.87. The predicted octanol–water partition coefficient (Wildman–Crippen LogP) is 4.34. The standard InChI is InChI=1S/C23H21Cl2N3O3S/c1-4-11-28-20(15-12-18(24)27-19(25)13-15)26-17(14-32-16-9-7-6-8-10-16)23(5-2,21(28)29)22(30)31-3/h1,6-10,12-13,17H,5,11,14H2,2-3H3.